The lowest BCUT2D eigenvalue weighted by atomic mass is 10.0. The van der Waals surface area contributed by atoms with Crippen LogP contribution in [0.25, 0.3) is 0 Å². The molecule has 1 fully saturated rings. The van der Waals surface area contributed by atoms with E-state index in [0.717, 1.165) is 31.5 Å². The van der Waals surface area contributed by atoms with Gasteiger partial charge in [-0.2, -0.15) is 4.39 Å². The highest BCUT2D eigenvalue weighted by Gasteiger charge is 2.21. The van der Waals surface area contributed by atoms with Crippen LogP contribution >= 0.6 is 0 Å². The van der Waals surface area contributed by atoms with Gasteiger partial charge < -0.3 is 10.0 Å². The first-order valence-electron chi connectivity index (χ1n) is 5.30. The first-order chi connectivity index (χ1) is 7.31. The summed E-state index contributed by atoms with van der Waals surface area (Å²) in [5.41, 5.74) is 0.821. The summed E-state index contributed by atoms with van der Waals surface area (Å²) in [7, 11) is 0. The predicted molar refractivity (Wildman–Crippen MR) is 56.3 cm³/mol. The molecule has 15 heavy (non-hydrogen) atoms. The van der Waals surface area contributed by atoms with Crippen molar-refractivity contribution < 1.29 is 9.50 Å². The normalized spacial score (nSPS) is 21.7. The molecule has 1 aromatic heterocycles. The van der Waals surface area contributed by atoms with Crippen LogP contribution in [0.1, 0.15) is 19.3 Å². The summed E-state index contributed by atoms with van der Waals surface area (Å²) in [6, 6.07) is 3.34. The van der Waals surface area contributed by atoms with E-state index in [0.29, 0.717) is 0 Å². The third kappa shape index (κ3) is 2.26. The third-order valence-corrected chi connectivity index (χ3v) is 2.88. The molecule has 1 aliphatic heterocycles. The molecule has 1 aliphatic rings. The Labute approximate surface area is 88.6 Å². The van der Waals surface area contributed by atoms with Gasteiger partial charge in [0, 0.05) is 24.5 Å². The number of rotatable bonds is 2. The summed E-state index contributed by atoms with van der Waals surface area (Å²) in [6.07, 6.45) is 4.67. The summed E-state index contributed by atoms with van der Waals surface area (Å²) in [4.78, 5) is 5.59. The van der Waals surface area contributed by atoms with Crippen LogP contribution in [0.15, 0.2) is 18.3 Å². The van der Waals surface area contributed by atoms with Gasteiger partial charge >= 0.3 is 0 Å². The van der Waals surface area contributed by atoms with Crippen LogP contribution < -0.4 is 4.90 Å². The first kappa shape index (κ1) is 10.4. The Morgan fingerprint density at radius 2 is 2.40 bits per heavy atom. The minimum atomic E-state index is -0.463. The van der Waals surface area contributed by atoms with E-state index in [-0.39, 0.29) is 12.6 Å². The van der Waals surface area contributed by atoms with Crippen molar-refractivity contribution in [2.45, 2.75) is 25.3 Å². The number of hydrogen-bond donors (Lipinski definition) is 1. The number of nitrogens with zero attached hydrogens (tertiary/aromatic N) is 2. The average Bonchev–Trinajstić information content (AvgIpc) is 2.29. The Kier molecular flexibility index (Phi) is 3.16. The molecule has 0 saturated carbocycles. The standard InChI is InChI=1S/C11H15FN2O/c12-11-7-9(4-5-13-11)14-6-2-1-3-10(14)8-15/h4-5,7,10,15H,1-3,6,8H2. The van der Waals surface area contributed by atoms with Gasteiger partial charge in [-0.3, -0.25) is 0 Å². The maximum atomic E-state index is 13.0. The van der Waals surface area contributed by atoms with Crippen molar-refractivity contribution in [3.63, 3.8) is 0 Å². The lowest BCUT2D eigenvalue weighted by Gasteiger charge is -2.36. The molecule has 1 saturated heterocycles. The van der Waals surface area contributed by atoms with Crippen LogP contribution in [-0.2, 0) is 0 Å². The Hall–Kier alpha value is -1.16. The van der Waals surface area contributed by atoms with E-state index in [1.165, 1.54) is 12.3 Å². The molecular formula is C11H15FN2O. The molecule has 1 N–H and O–H groups in total. The van der Waals surface area contributed by atoms with Crippen molar-refractivity contribution in [1.82, 2.24) is 4.98 Å². The zero-order chi connectivity index (χ0) is 10.7. The molecule has 2 heterocycles. The van der Waals surface area contributed by atoms with Crippen molar-refractivity contribution in [1.29, 1.82) is 0 Å². The predicted octanol–water partition coefficient (Wildman–Crippen LogP) is 1.57. The molecule has 4 heteroatoms. The van der Waals surface area contributed by atoms with E-state index in [9.17, 15) is 9.50 Å². The van der Waals surface area contributed by atoms with Crippen LogP contribution in [-0.4, -0.2) is 29.3 Å². The third-order valence-electron chi connectivity index (χ3n) is 2.88. The quantitative estimate of drug-likeness (QED) is 0.753. The largest absolute Gasteiger partial charge is 0.394 e. The summed E-state index contributed by atoms with van der Waals surface area (Å²) >= 11 is 0. The van der Waals surface area contributed by atoms with Crippen molar-refractivity contribution in [3.8, 4) is 0 Å². The average molecular weight is 210 g/mol. The number of hydrogen-bond acceptors (Lipinski definition) is 3. The van der Waals surface area contributed by atoms with Gasteiger partial charge in [0.25, 0.3) is 0 Å². The van der Waals surface area contributed by atoms with Crippen molar-refractivity contribution in [3.05, 3.63) is 24.3 Å². The minimum Gasteiger partial charge on any atom is -0.394 e. The SMILES string of the molecule is OCC1CCCCN1c1ccnc(F)c1. The molecule has 3 nitrogen and oxygen atoms in total. The zero-order valence-electron chi connectivity index (χ0n) is 8.56. The number of aliphatic hydroxyl groups excluding tert-OH is 1. The Morgan fingerprint density at radius 3 is 3.13 bits per heavy atom. The van der Waals surface area contributed by atoms with E-state index in [1.807, 2.05) is 0 Å². The molecule has 0 bridgehead atoms. The van der Waals surface area contributed by atoms with Gasteiger partial charge in [0.05, 0.1) is 12.6 Å². The first-order valence-corrected chi connectivity index (χ1v) is 5.30. The zero-order valence-corrected chi connectivity index (χ0v) is 8.56. The molecule has 0 spiro atoms. The monoisotopic (exact) mass is 210 g/mol. The highest BCUT2D eigenvalue weighted by Crippen LogP contribution is 2.24. The second-order valence-electron chi connectivity index (χ2n) is 3.86. The fourth-order valence-corrected chi connectivity index (χ4v) is 2.10. The van der Waals surface area contributed by atoms with E-state index >= 15 is 0 Å². The highest BCUT2D eigenvalue weighted by molar-refractivity contribution is 5.46. The molecule has 0 amide bonds. The van der Waals surface area contributed by atoms with E-state index in [4.69, 9.17) is 0 Å². The summed E-state index contributed by atoms with van der Waals surface area (Å²) in [6.45, 7) is 1.01. The van der Waals surface area contributed by atoms with Gasteiger partial charge in [-0.05, 0) is 25.3 Å². The van der Waals surface area contributed by atoms with Crippen LogP contribution in [0.3, 0.4) is 0 Å². The van der Waals surface area contributed by atoms with Crippen LogP contribution in [0.4, 0.5) is 10.1 Å². The molecule has 0 aliphatic carbocycles. The molecule has 1 atom stereocenters. The van der Waals surface area contributed by atoms with Gasteiger partial charge in [-0.15, -0.1) is 0 Å². The topological polar surface area (TPSA) is 36.4 Å². The van der Waals surface area contributed by atoms with Gasteiger partial charge in [0.15, 0.2) is 0 Å². The van der Waals surface area contributed by atoms with Crippen molar-refractivity contribution in [2.24, 2.45) is 0 Å². The molecular weight excluding hydrogens is 195 g/mol. The molecule has 82 valence electrons. The second kappa shape index (κ2) is 4.57. The molecule has 2 rings (SSSR count). The maximum Gasteiger partial charge on any atom is 0.214 e. The number of pyridine rings is 1. The van der Waals surface area contributed by atoms with Gasteiger partial charge in [-0.25, -0.2) is 4.98 Å². The van der Waals surface area contributed by atoms with Crippen molar-refractivity contribution >= 4 is 5.69 Å². The summed E-state index contributed by atoms with van der Waals surface area (Å²) in [5.74, 6) is -0.463. The Balaban J connectivity index is 2.20. The van der Waals surface area contributed by atoms with Gasteiger partial charge in [0.2, 0.25) is 5.95 Å². The lowest BCUT2D eigenvalue weighted by molar-refractivity contribution is 0.240. The van der Waals surface area contributed by atoms with E-state index in [2.05, 4.69) is 9.88 Å². The molecule has 0 radical (unpaired) electrons. The maximum absolute atomic E-state index is 13.0. The Bertz CT molecular complexity index is 332. The van der Waals surface area contributed by atoms with Crippen LogP contribution in [0, 0.1) is 5.95 Å². The molecule has 1 aromatic rings. The van der Waals surface area contributed by atoms with Crippen molar-refractivity contribution in [2.75, 3.05) is 18.1 Å². The van der Waals surface area contributed by atoms with E-state index < -0.39 is 5.95 Å². The van der Waals surface area contributed by atoms with Crippen LogP contribution in [0.5, 0.6) is 0 Å². The fraction of sp³-hybridized carbons (Fsp3) is 0.545. The second-order valence-corrected chi connectivity index (χ2v) is 3.86. The summed E-state index contributed by atoms with van der Waals surface area (Å²) < 4.78 is 13.0. The minimum absolute atomic E-state index is 0.126. The number of aliphatic hydroxyl groups is 1. The van der Waals surface area contributed by atoms with Crippen LogP contribution in [0.2, 0.25) is 0 Å². The Morgan fingerprint density at radius 1 is 1.53 bits per heavy atom. The van der Waals surface area contributed by atoms with Gasteiger partial charge in [-0.1, -0.05) is 0 Å². The smallest absolute Gasteiger partial charge is 0.214 e. The molecule has 1 unspecified atom stereocenters. The number of anilines is 1. The summed E-state index contributed by atoms with van der Waals surface area (Å²) in [5, 5.41) is 9.24. The lowest BCUT2D eigenvalue weighted by Crippen LogP contribution is -2.41. The highest BCUT2D eigenvalue weighted by atomic mass is 19.1. The number of piperidine rings is 1. The number of halogens is 1. The van der Waals surface area contributed by atoms with E-state index in [1.54, 1.807) is 6.07 Å². The number of aromatic nitrogens is 1. The fourth-order valence-electron chi connectivity index (χ4n) is 2.10. The molecule has 0 aromatic carbocycles. The van der Waals surface area contributed by atoms with Gasteiger partial charge in [0.1, 0.15) is 0 Å².